The lowest BCUT2D eigenvalue weighted by Crippen LogP contribution is -2.03. The van der Waals surface area contributed by atoms with Crippen LogP contribution in [0.15, 0.2) is 97.1 Å². The zero-order valence-electron chi connectivity index (χ0n) is 18.3. The number of halogens is 1. The standard InChI is InChI=1S/C29H22ClNO3/c30-23-12-13-26-24(17-23)25(29(32)31-26)15-22-11-14-27(33-18-20-7-3-1-4-8-20)28(16-22)34-19-21-9-5-2-6-10-21/h1-17H,18-19H2,(H,31,32). The first-order valence-electron chi connectivity index (χ1n) is 11.0. The minimum absolute atomic E-state index is 0.159. The van der Waals surface area contributed by atoms with Crippen LogP contribution in [-0.2, 0) is 18.0 Å². The number of carbonyl (C=O) groups is 1. The van der Waals surface area contributed by atoms with Crippen LogP contribution in [0.3, 0.4) is 0 Å². The van der Waals surface area contributed by atoms with Gasteiger partial charge in [-0.25, -0.2) is 0 Å². The van der Waals surface area contributed by atoms with Crippen LogP contribution in [0.4, 0.5) is 5.69 Å². The molecular formula is C29H22ClNO3. The summed E-state index contributed by atoms with van der Waals surface area (Å²) in [7, 11) is 0. The van der Waals surface area contributed by atoms with E-state index in [4.69, 9.17) is 21.1 Å². The van der Waals surface area contributed by atoms with E-state index in [1.807, 2.05) is 91.0 Å². The number of hydrogen-bond acceptors (Lipinski definition) is 3. The Kier molecular flexibility index (Phi) is 6.32. The van der Waals surface area contributed by atoms with Gasteiger partial charge in [-0.15, -0.1) is 0 Å². The molecule has 0 spiro atoms. The number of amides is 1. The van der Waals surface area contributed by atoms with E-state index in [2.05, 4.69) is 5.32 Å². The first kappa shape index (κ1) is 21.8. The molecule has 1 N–H and O–H groups in total. The molecule has 0 saturated carbocycles. The van der Waals surface area contributed by atoms with E-state index in [1.54, 1.807) is 12.1 Å². The molecule has 34 heavy (non-hydrogen) atoms. The van der Waals surface area contributed by atoms with Gasteiger partial charge in [-0.1, -0.05) is 78.3 Å². The Morgan fingerprint density at radius 1 is 0.735 bits per heavy atom. The highest BCUT2D eigenvalue weighted by Crippen LogP contribution is 2.36. The van der Waals surface area contributed by atoms with Crippen LogP contribution in [0.2, 0.25) is 5.02 Å². The van der Waals surface area contributed by atoms with Crippen LogP contribution in [0.25, 0.3) is 11.6 Å². The molecule has 1 aliphatic heterocycles. The molecule has 0 saturated heterocycles. The molecule has 0 fully saturated rings. The number of benzene rings is 4. The maximum atomic E-state index is 12.6. The summed E-state index contributed by atoms with van der Waals surface area (Å²) in [4.78, 5) is 12.6. The molecule has 0 radical (unpaired) electrons. The molecule has 0 aliphatic carbocycles. The van der Waals surface area contributed by atoms with Crippen LogP contribution in [0, 0.1) is 0 Å². The normalized spacial score (nSPS) is 13.4. The van der Waals surface area contributed by atoms with Crippen LogP contribution < -0.4 is 14.8 Å². The zero-order valence-corrected chi connectivity index (χ0v) is 19.1. The molecule has 168 valence electrons. The van der Waals surface area contributed by atoms with Gasteiger partial charge in [0.25, 0.3) is 5.91 Å². The fourth-order valence-corrected chi connectivity index (χ4v) is 3.96. The smallest absolute Gasteiger partial charge is 0.256 e. The second-order valence-corrected chi connectivity index (χ2v) is 8.39. The van der Waals surface area contributed by atoms with Gasteiger partial charge in [0.2, 0.25) is 0 Å². The van der Waals surface area contributed by atoms with Crippen molar-refractivity contribution in [1.29, 1.82) is 0 Å². The van der Waals surface area contributed by atoms with E-state index >= 15 is 0 Å². The molecule has 0 bridgehead atoms. The van der Waals surface area contributed by atoms with Crippen molar-refractivity contribution >= 4 is 34.8 Å². The number of ether oxygens (including phenoxy) is 2. The van der Waals surface area contributed by atoms with E-state index in [1.165, 1.54) is 0 Å². The molecule has 0 aromatic heterocycles. The molecular weight excluding hydrogens is 446 g/mol. The SMILES string of the molecule is O=C1Nc2ccc(Cl)cc2C1=Cc1ccc(OCc2ccccc2)c(OCc2ccccc2)c1. The Hall–Kier alpha value is -4.02. The third-order valence-corrected chi connectivity index (χ3v) is 5.75. The Labute approximate surface area is 203 Å². The van der Waals surface area contributed by atoms with Crippen molar-refractivity contribution in [1.82, 2.24) is 0 Å². The maximum absolute atomic E-state index is 12.6. The fraction of sp³-hybridized carbons (Fsp3) is 0.0690. The summed E-state index contributed by atoms with van der Waals surface area (Å²) in [5.41, 5.74) is 5.05. The van der Waals surface area contributed by atoms with Gasteiger partial charge in [-0.05, 0) is 53.1 Å². The van der Waals surface area contributed by atoms with Gasteiger partial charge in [0.15, 0.2) is 11.5 Å². The second kappa shape index (κ2) is 9.86. The van der Waals surface area contributed by atoms with Gasteiger partial charge in [0.05, 0.1) is 0 Å². The monoisotopic (exact) mass is 467 g/mol. The van der Waals surface area contributed by atoms with Crippen molar-refractivity contribution < 1.29 is 14.3 Å². The van der Waals surface area contributed by atoms with Crippen molar-refractivity contribution in [2.24, 2.45) is 0 Å². The number of rotatable bonds is 7. The lowest BCUT2D eigenvalue weighted by Gasteiger charge is -2.14. The minimum atomic E-state index is -0.159. The van der Waals surface area contributed by atoms with Crippen molar-refractivity contribution in [3.63, 3.8) is 0 Å². The molecule has 5 rings (SSSR count). The highest BCUT2D eigenvalue weighted by molar-refractivity contribution is 6.36. The fourth-order valence-electron chi connectivity index (χ4n) is 3.79. The van der Waals surface area contributed by atoms with Crippen molar-refractivity contribution in [3.05, 3.63) is 124 Å². The molecule has 0 unspecified atom stereocenters. The van der Waals surface area contributed by atoms with E-state index in [0.717, 1.165) is 27.9 Å². The molecule has 4 aromatic carbocycles. The number of nitrogens with one attached hydrogen (secondary N) is 1. The summed E-state index contributed by atoms with van der Waals surface area (Å²) >= 11 is 6.17. The topological polar surface area (TPSA) is 47.6 Å². The number of hydrogen-bond donors (Lipinski definition) is 1. The number of anilines is 1. The van der Waals surface area contributed by atoms with Gasteiger partial charge in [-0.2, -0.15) is 0 Å². The first-order valence-corrected chi connectivity index (χ1v) is 11.3. The molecule has 0 atom stereocenters. The number of fused-ring (bicyclic) bond motifs is 1. The van der Waals surface area contributed by atoms with E-state index < -0.39 is 0 Å². The van der Waals surface area contributed by atoms with Gasteiger partial charge in [-0.3, -0.25) is 4.79 Å². The van der Waals surface area contributed by atoms with Gasteiger partial charge >= 0.3 is 0 Å². The molecule has 5 heteroatoms. The Balaban J connectivity index is 1.45. The lowest BCUT2D eigenvalue weighted by atomic mass is 10.0. The predicted molar refractivity (Wildman–Crippen MR) is 136 cm³/mol. The summed E-state index contributed by atoms with van der Waals surface area (Å²) in [6, 6.07) is 31.0. The quantitative estimate of drug-likeness (QED) is 0.298. The van der Waals surface area contributed by atoms with E-state index in [9.17, 15) is 4.79 Å². The minimum Gasteiger partial charge on any atom is -0.485 e. The molecule has 1 amide bonds. The predicted octanol–water partition coefficient (Wildman–Crippen LogP) is 6.99. The lowest BCUT2D eigenvalue weighted by molar-refractivity contribution is -0.110. The molecule has 4 nitrogen and oxygen atoms in total. The number of carbonyl (C=O) groups excluding carboxylic acids is 1. The summed E-state index contributed by atoms with van der Waals surface area (Å²) in [6.45, 7) is 0.832. The third kappa shape index (κ3) is 4.98. The molecule has 1 heterocycles. The Morgan fingerprint density at radius 3 is 2.06 bits per heavy atom. The summed E-state index contributed by atoms with van der Waals surface area (Å²) in [5.74, 6) is 1.09. The summed E-state index contributed by atoms with van der Waals surface area (Å²) < 4.78 is 12.2. The summed E-state index contributed by atoms with van der Waals surface area (Å²) in [5, 5.41) is 3.47. The Morgan fingerprint density at radius 2 is 1.38 bits per heavy atom. The van der Waals surface area contributed by atoms with Crippen molar-refractivity contribution in [3.8, 4) is 11.5 Å². The first-order chi connectivity index (χ1) is 16.7. The third-order valence-electron chi connectivity index (χ3n) is 5.52. The van der Waals surface area contributed by atoms with Crippen LogP contribution in [0.1, 0.15) is 22.3 Å². The average molecular weight is 468 g/mol. The van der Waals surface area contributed by atoms with E-state index in [-0.39, 0.29) is 5.91 Å². The zero-order chi connectivity index (χ0) is 23.3. The molecule has 4 aromatic rings. The van der Waals surface area contributed by atoms with Gasteiger partial charge in [0.1, 0.15) is 13.2 Å². The average Bonchev–Trinajstić information content (AvgIpc) is 3.17. The Bertz CT molecular complexity index is 1350. The van der Waals surface area contributed by atoms with Crippen LogP contribution >= 0.6 is 11.6 Å². The van der Waals surface area contributed by atoms with Crippen LogP contribution in [0.5, 0.6) is 11.5 Å². The largest absolute Gasteiger partial charge is 0.485 e. The second-order valence-electron chi connectivity index (χ2n) is 7.96. The van der Waals surface area contributed by atoms with Gasteiger partial charge in [0, 0.05) is 21.8 Å². The van der Waals surface area contributed by atoms with Crippen molar-refractivity contribution in [2.75, 3.05) is 5.32 Å². The van der Waals surface area contributed by atoms with Gasteiger partial charge < -0.3 is 14.8 Å². The highest BCUT2D eigenvalue weighted by atomic mass is 35.5. The van der Waals surface area contributed by atoms with Crippen molar-refractivity contribution in [2.45, 2.75) is 13.2 Å². The van der Waals surface area contributed by atoms with Crippen LogP contribution in [-0.4, -0.2) is 5.91 Å². The maximum Gasteiger partial charge on any atom is 0.256 e. The van der Waals surface area contributed by atoms with E-state index in [0.29, 0.717) is 35.3 Å². The highest BCUT2D eigenvalue weighted by Gasteiger charge is 2.24. The molecule has 1 aliphatic rings. The summed E-state index contributed by atoms with van der Waals surface area (Å²) in [6.07, 6.45) is 1.84.